The van der Waals surface area contributed by atoms with Gasteiger partial charge in [-0.15, -0.1) is 6.58 Å². The van der Waals surface area contributed by atoms with Crippen molar-refractivity contribution in [1.82, 2.24) is 0 Å². The molecule has 0 aliphatic heterocycles. The SMILES string of the molecule is C=CCCC(C)(O)c1ccco1. The maximum atomic E-state index is 9.86. The molecule has 0 amide bonds. The van der Waals surface area contributed by atoms with Crippen molar-refractivity contribution >= 4 is 0 Å². The molecule has 1 atom stereocenters. The van der Waals surface area contributed by atoms with Crippen LogP contribution in [0.5, 0.6) is 0 Å². The maximum absolute atomic E-state index is 9.86. The van der Waals surface area contributed by atoms with Gasteiger partial charge < -0.3 is 9.52 Å². The van der Waals surface area contributed by atoms with Crippen LogP contribution in [0.4, 0.5) is 0 Å². The maximum Gasteiger partial charge on any atom is 0.135 e. The highest BCUT2D eigenvalue weighted by Crippen LogP contribution is 2.25. The zero-order valence-electron chi connectivity index (χ0n) is 7.29. The van der Waals surface area contributed by atoms with Crippen LogP contribution in [0.1, 0.15) is 25.5 Å². The fraction of sp³-hybridized carbons (Fsp3) is 0.400. The quantitative estimate of drug-likeness (QED) is 0.697. The Balaban J connectivity index is 2.65. The Morgan fingerprint density at radius 2 is 2.50 bits per heavy atom. The third kappa shape index (κ3) is 1.98. The lowest BCUT2D eigenvalue weighted by molar-refractivity contribution is 0.0263. The van der Waals surface area contributed by atoms with Crippen molar-refractivity contribution in [3.63, 3.8) is 0 Å². The average molecular weight is 166 g/mol. The van der Waals surface area contributed by atoms with E-state index < -0.39 is 5.60 Å². The zero-order chi connectivity index (χ0) is 9.03. The second-order valence-corrected chi connectivity index (χ2v) is 3.08. The molecule has 0 aliphatic rings. The first-order chi connectivity index (χ1) is 5.67. The summed E-state index contributed by atoms with van der Waals surface area (Å²) in [5, 5.41) is 9.86. The molecular weight excluding hydrogens is 152 g/mol. The van der Waals surface area contributed by atoms with Gasteiger partial charge in [0.05, 0.1) is 6.26 Å². The monoisotopic (exact) mass is 166 g/mol. The molecule has 0 radical (unpaired) electrons. The van der Waals surface area contributed by atoms with Gasteiger partial charge in [0, 0.05) is 0 Å². The molecule has 0 spiro atoms. The first kappa shape index (κ1) is 9.07. The first-order valence-electron chi connectivity index (χ1n) is 4.04. The Kier molecular flexibility index (Phi) is 2.71. The molecule has 1 aromatic rings. The Bertz CT molecular complexity index is 234. The highest BCUT2D eigenvalue weighted by Gasteiger charge is 2.24. The molecule has 12 heavy (non-hydrogen) atoms. The van der Waals surface area contributed by atoms with Gasteiger partial charge in [-0.25, -0.2) is 0 Å². The molecule has 66 valence electrons. The number of hydrogen-bond donors (Lipinski definition) is 1. The van der Waals surface area contributed by atoms with Crippen LogP contribution >= 0.6 is 0 Å². The molecule has 2 heteroatoms. The van der Waals surface area contributed by atoms with E-state index in [2.05, 4.69) is 6.58 Å². The summed E-state index contributed by atoms with van der Waals surface area (Å²) >= 11 is 0. The van der Waals surface area contributed by atoms with Gasteiger partial charge in [-0.1, -0.05) is 6.08 Å². The lowest BCUT2D eigenvalue weighted by Crippen LogP contribution is -2.19. The third-order valence-electron chi connectivity index (χ3n) is 1.89. The summed E-state index contributed by atoms with van der Waals surface area (Å²) in [6.07, 6.45) is 4.78. The van der Waals surface area contributed by atoms with Gasteiger partial charge in [-0.2, -0.15) is 0 Å². The summed E-state index contributed by atoms with van der Waals surface area (Å²) in [4.78, 5) is 0. The Morgan fingerprint density at radius 1 is 1.75 bits per heavy atom. The van der Waals surface area contributed by atoms with E-state index in [0.29, 0.717) is 12.2 Å². The minimum atomic E-state index is -0.863. The summed E-state index contributed by atoms with van der Waals surface area (Å²) in [5.41, 5.74) is -0.863. The third-order valence-corrected chi connectivity index (χ3v) is 1.89. The van der Waals surface area contributed by atoms with Crippen LogP contribution in [0.2, 0.25) is 0 Å². The van der Waals surface area contributed by atoms with Crippen molar-refractivity contribution in [2.45, 2.75) is 25.4 Å². The minimum absolute atomic E-state index is 0.615. The number of hydrogen-bond acceptors (Lipinski definition) is 2. The van der Waals surface area contributed by atoms with Crippen LogP contribution in [0.15, 0.2) is 35.5 Å². The highest BCUT2D eigenvalue weighted by molar-refractivity contribution is 5.07. The molecule has 1 unspecified atom stereocenters. The van der Waals surface area contributed by atoms with Crippen LogP contribution in [0, 0.1) is 0 Å². The molecule has 1 N–H and O–H groups in total. The van der Waals surface area contributed by atoms with Gasteiger partial charge >= 0.3 is 0 Å². The lowest BCUT2D eigenvalue weighted by atomic mass is 9.97. The van der Waals surface area contributed by atoms with Crippen LogP contribution in [-0.2, 0) is 5.60 Å². The molecule has 0 aromatic carbocycles. The molecule has 0 aliphatic carbocycles. The molecule has 1 aromatic heterocycles. The largest absolute Gasteiger partial charge is 0.466 e. The van der Waals surface area contributed by atoms with Crippen molar-refractivity contribution in [3.05, 3.63) is 36.8 Å². The second kappa shape index (κ2) is 3.59. The number of furan rings is 1. The van der Waals surface area contributed by atoms with Gasteiger partial charge in [-0.3, -0.25) is 0 Å². The summed E-state index contributed by atoms with van der Waals surface area (Å²) in [7, 11) is 0. The van der Waals surface area contributed by atoms with E-state index in [4.69, 9.17) is 4.42 Å². The van der Waals surface area contributed by atoms with Gasteiger partial charge in [0.1, 0.15) is 11.4 Å². The standard InChI is InChI=1S/C10H14O2/c1-3-4-7-10(2,11)9-6-5-8-12-9/h3,5-6,8,11H,1,4,7H2,2H3. The van der Waals surface area contributed by atoms with Gasteiger partial charge in [-0.05, 0) is 31.9 Å². The summed E-state index contributed by atoms with van der Waals surface area (Å²) in [5.74, 6) is 0.615. The predicted octanol–water partition coefficient (Wildman–Crippen LogP) is 2.45. The lowest BCUT2D eigenvalue weighted by Gasteiger charge is -2.19. The van der Waals surface area contributed by atoms with E-state index in [9.17, 15) is 5.11 Å². The van der Waals surface area contributed by atoms with Gasteiger partial charge in [0.25, 0.3) is 0 Å². The number of rotatable bonds is 4. The van der Waals surface area contributed by atoms with Crippen LogP contribution in [-0.4, -0.2) is 5.11 Å². The first-order valence-corrected chi connectivity index (χ1v) is 4.04. The zero-order valence-corrected chi connectivity index (χ0v) is 7.29. The van der Waals surface area contributed by atoms with E-state index in [1.807, 2.05) is 0 Å². The molecule has 0 fully saturated rings. The fourth-order valence-corrected chi connectivity index (χ4v) is 1.09. The Hall–Kier alpha value is -1.02. The predicted molar refractivity (Wildman–Crippen MR) is 47.7 cm³/mol. The molecule has 0 saturated carbocycles. The summed E-state index contributed by atoms with van der Waals surface area (Å²) in [6, 6.07) is 3.56. The minimum Gasteiger partial charge on any atom is -0.466 e. The molecule has 0 bridgehead atoms. The Labute approximate surface area is 72.5 Å². The molecule has 1 rings (SSSR count). The van der Waals surface area contributed by atoms with Crippen molar-refractivity contribution in [2.75, 3.05) is 0 Å². The van der Waals surface area contributed by atoms with Crippen molar-refractivity contribution in [2.24, 2.45) is 0 Å². The van der Waals surface area contributed by atoms with Crippen molar-refractivity contribution < 1.29 is 9.52 Å². The number of aliphatic hydroxyl groups is 1. The summed E-state index contributed by atoms with van der Waals surface area (Å²) < 4.78 is 5.11. The van der Waals surface area contributed by atoms with Crippen molar-refractivity contribution in [1.29, 1.82) is 0 Å². The second-order valence-electron chi connectivity index (χ2n) is 3.08. The normalized spacial score (nSPS) is 15.5. The average Bonchev–Trinajstić information content (AvgIpc) is 2.53. The van der Waals surface area contributed by atoms with Gasteiger partial charge in [0.2, 0.25) is 0 Å². The van der Waals surface area contributed by atoms with E-state index in [1.165, 1.54) is 0 Å². The van der Waals surface area contributed by atoms with Crippen LogP contribution in [0.25, 0.3) is 0 Å². The topological polar surface area (TPSA) is 33.4 Å². The van der Waals surface area contributed by atoms with E-state index in [0.717, 1.165) is 6.42 Å². The molecule has 1 heterocycles. The van der Waals surface area contributed by atoms with Crippen LogP contribution < -0.4 is 0 Å². The smallest absolute Gasteiger partial charge is 0.135 e. The van der Waals surface area contributed by atoms with Crippen LogP contribution in [0.3, 0.4) is 0 Å². The molecule has 2 nitrogen and oxygen atoms in total. The number of allylic oxidation sites excluding steroid dienone is 1. The van der Waals surface area contributed by atoms with E-state index >= 15 is 0 Å². The van der Waals surface area contributed by atoms with E-state index in [1.54, 1.807) is 31.4 Å². The Morgan fingerprint density at radius 3 is 3.00 bits per heavy atom. The molecule has 0 saturated heterocycles. The van der Waals surface area contributed by atoms with Gasteiger partial charge in [0.15, 0.2) is 0 Å². The van der Waals surface area contributed by atoms with Crippen molar-refractivity contribution in [3.8, 4) is 0 Å². The molecular formula is C10H14O2. The fourth-order valence-electron chi connectivity index (χ4n) is 1.09. The summed E-state index contributed by atoms with van der Waals surface area (Å²) in [6.45, 7) is 5.35. The highest BCUT2D eigenvalue weighted by atomic mass is 16.4. The van der Waals surface area contributed by atoms with E-state index in [-0.39, 0.29) is 0 Å².